The van der Waals surface area contributed by atoms with Crippen molar-refractivity contribution in [1.29, 1.82) is 0 Å². The first-order valence-electron chi connectivity index (χ1n) is 9.64. The van der Waals surface area contributed by atoms with Gasteiger partial charge in [-0.05, 0) is 31.2 Å². The highest BCUT2D eigenvalue weighted by atomic mass is 16.6. The van der Waals surface area contributed by atoms with E-state index < -0.39 is 23.6 Å². The summed E-state index contributed by atoms with van der Waals surface area (Å²) in [5.74, 6) is -1.46. The maximum Gasteiger partial charge on any atom is 0.351 e. The number of benzene rings is 1. The van der Waals surface area contributed by atoms with E-state index in [1.165, 1.54) is 0 Å². The number of ether oxygens (including phenoxy) is 2. The largest absolute Gasteiger partial charge is 0.390 e. The molecule has 0 amide bonds. The fourth-order valence-corrected chi connectivity index (χ4v) is 3.71. The highest BCUT2D eigenvalue weighted by molar-refractivity contribution is 5.93. The zero-order valence-electron chi connectivity index (χ0n) is 16.1. The van der Waals surface area contributed by atoms with Gasteiger partial charge in [-0.15, -0.1) is 0 Å². The first-order valence-corrected chi connectivity index (χ1v) is 9.64. The van der Waals surface area contributed by atoms with Crippen LogP contribution in [0.2, 0.25) is 0 Å². The lowest BCUT2D eigenvalue weighted by Gasteiger charge is -2.40. The van der Waals surface area contributed by atoms with Gasteiger partial charge in [-0.3, -0.25) is 0 Å². The van der Waals surface area contributed by atoms with Crippen LogP contribution in [0.5, 0.6) is 0 Å². The van der Waals surface area contributed by atoms with Crippen LogP contribution in [0.4, 0.5) is 0 Å². The smallest absolute Gasteiger partial charge is 0.351 e. The second-order valence-corrected chi connectivity index (χ2v) is 7.35. The molecule has 5 heteroatoms. The maximum atomic E-state index is 13.3. The standard InChI is InChI=1S/C21H31NO4/c1-4-25-21(16-11-7-5-8-12-16,17-13-9-6-10-14-17)20(24)26-19(23)18(22)15(2)3/h5,7-8,11-12,15,17-18H,4,6,9-10,13-14,22H2,1-3H3/t18-,21?/m1/s1. The number of rotatable bonds is 7. The molecule has 0 spiro atoms. The van der Waals surface area contributed by atoms with Crippen molar-refractivity contribution in [2.45, 2.75) is 64.5 Å². The van der Waals surface area contributed by atoms with Crippen molar-refractivity contribution in [2.24, 2.45) is 17.6 Å². The molecule has 0 heterocycles. The van der Waals surface area contributed by atoms with Crippen LogP contribution in [0.15, 0.2) is 30.3 Å². The molecule has 2 atom stereocenters. The zero-order valence-corrected chi connectivity index (χ0v) is 16.1. The van der Waals surface area contributed by atoms with E-state index in [1.807, 2.05) is 51.1 Å². The molecule has 1 aromatic rings. The fraction of sp³-hybridized carbons (Fsp3) is 0.619. The van der Waals surface area contributed by atoms with Gasteiger partial charge in [0.1, 0.15) is 6.04 Å². The van der Waals surface area contributed by atoms with E-state index in [0.29, 0.717) is 6.61 Å². The normalized spacial score (nSPS) is 19.0. The van der Waals surface area contributed by atoms with E-state index >= 15 is 0 Å². The predicted molar refractivity (Wildman–Crippen MR) is 100 cm³/mol. The number of carbonyl (C=O) groups excluding carboxylic acids is 2. The lowest BCUT2D eigenvalue weighted by Crippen LogP contribution is -2.50. The van der Waals surface area contributed by atoms with Crippen LogP contribution in [0.3, 0.4) is 0 Å². The van der Waals surface area contributed by atoms with Gasteiger partial charge in [-0.25, -0.2) is 9.59 Å². The van der Waals surface area contributed by atoms with E-state index in [0.717, 1.165) is 37.7 Å². The summed E-state index contributed by atoms with van der Waals surface area (Å²) in [6.45, 7) is 5.86. The van der Waals surface area contributed by atoms with Crippen LogP contribution in [0.1, 0.15) is 58.4 Å². The molecule has 26 heavy (non-hydrogen) atoms. The van der Waals surface area contributed by atoms with Gasteiger partial charge in [-0.2, -0.15) is 0 Å². The monoisotopic (exact) mass is 361 g/mol. The first kappa shape index (κ1) is 20.6. The predicted octanol–water partition coefficient (Wildman–Crippen LogP) is 3.55. The second kappa shape index (κ2) is 9.28. The quantitative estimate of drug-likeness (QED) is 0.593. The van der Waals surface area contributed by atoms with Crippen LogP contribution in [0.25, 0.3) is 0 Å². The number of hydrogen-bond donors (Lipinski definition) is 1. The van der Waals surface area contributed by atoms with Gasteiger partial charge < -0.3 is 15.2 Å². The molecule has 0 bridgehead atoms. The van der Waals surface area contributed by atoms with Crippen molar-refractivity contribution >= 4 is 11.9 Å². The lowest BCUT2D eigenvalue weighted by atomic mass is 9.73. The Kier molecular flexibility index (Phi) is 7.35. The molecule has 2 N–H and O–H groups in total. The van der Waals surface area contributed by atoms with Gasteiger partial charge in [0, 0.05) is 12.5 Å². The summed E-state index contributed by atoms with van der Waals surface area (Å²) >= 11 is 0. The average molecular weight is 361 g/mol. The van der Waals surface area contributed by atoms with Gasteiger partial charge in [0.25, 0.3) is 0 Å². The molecule has 0 aliphatic heterocycles. The number of nitrogens with two attached hydrogens (primary N) is 1. The minimum atomic E-state index is -1.26. The summed E-state index contributed by atoms with van der Waals surface area (Å²) in [6, 6.07) is 8.56. The minimum Gasteiger partial charge on any atom is -0.390 e. The summed E-state index contributed by atoms with van der Waals surface area (Å²) in [5.41, 5.74) is 5.35. The number of esters is 2. The van der Waals surface area contributed by atoms with Gasteiger partial charge >= 0.3 is 11.9 Å². The molecule has 1 fully saturated rings. The van der Waals surface area contributed by atoms with Crippen molar-refractivity contribution < 1.29 is 19.1 Å². The summed E-state index contributed by atoms with van der Waals surface area (Å²) in [6.07, 6.45) is 4.97. The molecule has 1 aromatic carbocycles. The van der Waals surface area contributed by atoms with Crippen molar-refractivity contribution in [3.05, 3.63) is 35.9 Å². The minimum absolute atomic E-state index is 0.0193. The third kappa shape index (κ3) is 4.33. The highest BCUT2D eigenvalue weighted by Crippen LogP contribution is 2.43. The van der Waals surface area contributed by atoms with Crippen LogP contribution in [-0.4, -0.2) is 24.6 Å². The average Bonchev–Trinajstić information content (AvgIpc) is 2.66. The van der Waals surface area contributed by atoms with Gasteiger partial charge in [0.2, 0.25) is 0 Å². The zero-order chi connectivity index (χ0) is 19.2. The highest BCUT2D eigenvalue weighted by Gasteiger charge is 2.50. The second-order valence-electron chi connectivity index (χ2n) is 7.35. The molecule has 0 aromatic heterocycles. The van der Waals surface area contributed by atoms with E-state index in [9.17, 15) is 9.59 Å². The van der Waals surface area contributed by atoms with E-state index in [-0.39, 0.29) is 11.8 Å². The third-order valence-corrected chi connectivity index (χ3v) is 5.24. The molecule has 144 valence electrons. The van der Waals surface area contributed by atoms with Gasteiger partial charge in [0.15, 0.2) is 5.60 Å². The fourth-order valence-electron chi connectivity index (χ4n) is 3.71. The molecular weight excluding hydrogens is 330 g/mol. The van der Waals surface area contributed by atoms with Crippen LogP contribution >= 0.6 is 0 Å². The molecule has 0 radical (unpaired) electrons. The van der Waals surface area contributed by atoms with Crippen molar-refractivity contribution in [2.75, 3.05) is 6.61 Å². The Labute approximate surface area is 156 Å². The summed E-state index contributed by atoms with van der Waals surface area (Å²) in [7, 11) is 0. The van der Waals surface area contributed by atoms with E-state index in [4.69, 9.17) is 15.2 Å². The number of carbonyl (C=O) groups is 2. The van der Waals surface area contributed by atoms with Crippen molar-refractivity contribution in [3.63, 3.8) is 0 Å². The topological polar surface area (TPSA) is 78.6 Å². The van der Waals surface area contributed by atoms with Gasteiger partial charge in [0.05, 0.1) is 0 Å². The molecule has 5 nitrogen and oxygen atoms in total. The first-order chi connectivity index (χ1) is 12.4. The maximum absolute atomic E-state index is 13.3. The molecule has 0 saturated heterocycles. The van der Waals surface area contributed by atoms with Crippen LogP contribution in [-0.2, 0) is 24.7 Å². The lowest BCUT2D eigenvalue weighted by molar-refractivity contribution is -0.190. The van der Waals surface area contributed by atoms with Crippen molar-refractivity contribution in [1.82, 2.24) is 0 Å². The molecule has 2 rings (SSSR count). The SMILES string of the molecule is CCOC(C(=O)OC(=O)[C@H](N)C(C)C)(c1ccccc1)C1CCCCC1. The molecule has 1 aliphatic rings. The van der Waals surface area contributed by atoms with Gasteiger partial charge in [-0.1, -0.05) is 63.4 Å². The Hall–Kier alpha value is -1.72. The Bertz CT molecular complexity index is 595. The number of hydrogen-bond acceptors (Lipinski definition) is 5. The van der Waals surface area contributed by atoms with Crippen LogP contribution in [0, 0.1) is 11.8 Å². The van der Waals surface area contributed by atoms with E-state index in [2.05, 4.69) is 0 Å². The molecule has 1 aliphatic carbocycles. The Morgan fingerprint density at radius 1 is 1.15 bits per heavy atom. The summed E-state index contributed by atoms with van der Waals surface area (Å²) in [5, 5.41) is 0. The molecule has 1 unspecified atom stereocenters. The summed E-state index contributed by atoms with van der Waals surface area (Å²) in [4.78, 5) is 25.6. The van der Waals surface area contributed by atoms with Crippen LogP contribution < -0.4 is 5.73 Å². The molecular formula is C21H31NO4. The molecule has 1 saturated carbocycles. The summed E-state index contributed by atoms with van der Waals surface area (Å²) < 4.78 is 11.4. The third-order valence-electron chi connectivity index (χ3n) is 5.24. The Balaban J connectivity index is 2.41. The Morgan fingerprint density at radius 3 is 2.31 bits per heavy atom. The van der Waals surface area contributed by atoms with E-state index in [1.54, 1.807) is 0 Å². The Morgan fingerprint density at radius 2 is 1.77 bits per heavy atom. The van der Waals surface area contributed by atoms with Crippen molar-refractivity contribution in [3.8, 4) is 0 Å².